The molecule has 1 aliphatic rings. The molecule has 1 heterocycles. The summed E-state index contributed by atoms with van der Waals surface area (Å²) in [7, 11) is 0. The fraction of sp³-hybridized carbons (Fsp3) is 0.278. The van der Waals surface area contributed by atoms with Crippen molar-refractivity contribution in [3.8, 4) is 11.5 Å². The molecule has 5 heteroatoms. The summed E-state index contributed by atoms with van der Waals surface area (Å²) in [5, 5.41) is 2.93. The first-order chi connectivity index (χ1) is 11.2. The molecule has 0 atom stereocenters. The van der Waals surface area contributed by atoms with Gasteiger partial charge in [-0.25, -0.2) is 0 Å². The second kappa shape index (κ2) is 7.05. The molecule has 2 aromatic carbocycles. The van der Waals surface area contributed by atoms with Gasteiger partial charge in [0.1, 0.15) is 13.2 Å². The van der Waals surface area contributed by atoms with E-state index in [0.29, 0.717) is 31.9 Å². The molecule has 3 rings (SSSR count). The highest BCUT2D eigenvalue weighted by atomic mass is 16.6. The van der Waals surface area contributed by atoms with Crippen molar-refractivity contribution in [1.82, 2.24) is 5.32 Å². The monoisotopic (exact) mass is 312 g/mol. The lowest BCUT2D eigenvalue weighted by Gasteiger charge is -2.18. The fourth-order valence-corrected chi connectivity index (χ4v) is 2.54. The van der Waals surface area contributed by atoms with Gasteiger partial charge in [0.25, 0.3) is 0 Å². The summed E-state index contributed by atoms with van der Waals surface area (Å²) in [6, 6.07) is 13.3. The van der Waals surface area contributed by atoms with Crippen molar-refractivity contribution in [2.75, 3.05) is 25.5 Å². The second-order valence-electron chi connectivity index (χ2n) is 5.50. The van der Waals surface area contributed by atoms with Gasteiger partial charge in [0, 0.05) is 12.2 Å². The summed E-state index contributed by atoms with van der Waals surface area (Å²) < 4.78 is 11.0. The van der Waals surface area contributed by atoms with E-state index in [1.54, 1.807) is 0 Å². The van der Waals surface area contributed by atoms with Gasteiger partial charge >= 0.3 is 0 Å². The van der Waals surface area contributed by atoms with Crippen LogP contribution >= 0.6 is 0 Å². The van der Waals surface area contributed by atoms with Gasteiger partial charge in [0.05, 0.1) is 6.42 Å². The molecule has 1 amide bonds. The number of fused-ring (bicyclic) bond motifs is 1. The van der Waals surface area contributed by atoms with Crippen LogP contribution in [0.25, 0.3) is 0 Å². The van der Waals surface area contributed by atoms with E-state index in [-0.39, 0.29) is 5.91 Å². The Kier molecular flexibility index (Phi) is 4.66. The minimum atomic E-state index is -0.00635. The zero-order valence-electron chi connectivity index (χ0n) is 12.9. The van der Waals surface area contributed by atoms with Crippen molar-refractivity contribution < 1.29 is 14.3 Å². The number of carbonyl (C=O) groups excluding carboxylic acids is 1. The van der Waals surface area contributed by atoms with Gasteiger partial charge in [-0.3, -0.25) is 4.79 Å². The number of amides is 1. The molecule has 0 saturated heterocycles. The third-order valence-corrected chi connectivity index (χ3v) is 3.66. The van der Waals surface area contributed by atoms with Crippen molar-refractivity contribution in [3.63, 3.8) is 0 Å². The Morgan fingerprint density at radius 2 is 1.87 bits per heavy atom. The van der Waals surface area contributed by atoms with Gasteiger partial charge in [-0.1, -0.05) is 18.2 Å². The fourth-order valence-electron chi connectivity index (χ4n) is 2.54. The average molecular weight is 312 g/mol. The van der Waals surface area contributed by atoms with Gasteiger partial charge in [-0.15, -0.1) is 0 Å². The van der Waals surface area contributed by atoms with Crippen LogP contribution in [-0.2, 0) is 17.6 Å². The molecular weight excluding hydrogens is 292 g/mol. The van der Waals surface area contributed by atoms with E-state index in [4.69, 9.17) is 15.2 Å². The Labute approximate surface area is 135 Å². The molecule has 3 N–H and O–H groups in total. The summed E-state index contributed by atoms with van der Waals surface area (Å²) in [6.45, 7) is 1.75. The number of nitrogens with two attached hydrogens (primary N) is 1. The molecule has 23 heavy (non-hydrogen) atoms. The van der Waals surface area contributed by atoms with Crippen molar-refractivity contribution in [1.29, 1.82) is 0 Å². The normalized spacial score (nSPS) is 12.7. The van der Waals surface area contributed by atoms with Gasteiger partial charge in [0.2, 0.25) is 5.91 Å². The predicted molar refractivity (Wildman–Crippen MR) is 88.7 cm³/mol. The highest BCUT2D eigenvalue weighted by Crippen LogP contribution is 2.30. The Balaban J connectivity index is 1.48. The largest absolute Gasteiger partial charge is 0.486 e. The molecule has 0 saturated carbocycles. The smallest absolute Gasteiger partial charge is 0.224 e. The van der Waals surface area contributed by atoms with Crippen LogP contribution < -0.4 is 20.5 Å². The molecule has 0 aromatic heterocycles. The minimum absolute atomic E-state index is 0.00635. The SMILES string of the molecule is Nc1cccc(CC(=O)NCCc2ccc3c(c2)OCCO3)c1. The van der Waals surface area contributed by atoms with Crippen LogP contribution in [0.15, 0.2) is 42.5 Å². The van der Waals surface area contributed by atoms with E-state index in [0.717, 1.165) is 29.0 Å². The topological polar surface area (TPSA) is 73.6 Å². The molecule has 0 aliphatic carbocycles. The van der Waals surface area contributed by atoms with E-state index in [9.17, 15) is 4.79 Å². The first-order valence-corrected chi connectivity index (χ1v) is 7.70. The Bertz CT molecular complexity index is 700. The van der Waals surface area contributed by atoms with Gasteiger partial charge in [-0.2, -0.15) is 0 Å². The van der Waals surface area contributed by atoms with Crippen LogP contribution in [0.3, 0.4) is 0 Å². The molecule has 0 fully saturated rings. The maximum absolute atomic E-state index is 12.0. The van der Waals surface area contributed by atoms with Crippen molar-refractivity contribution in [3.05, 3.63) is 53.6 Å². The Hall–Kier alpha value is -2.69. The standard InChI is InChI=1S/C18H20N2O3/c19-15-3-1-2-14(10-15)12-18(21)20-7-6-13-4-5-16-17(11-13)23-9-8-22-16/h1-5,10-11H,6-9,12,19H2,(H,20,21). The maximum atomic E-state index is 12.0. The molecular formula is C18H20N2O3. The molecule has 1 aliphatic heterocycles. The number of benzene rings is 2. The van der Waals surface area contributed by atoms with Crippen LogP contribution in [-0.4, -0.2) is 25.7 Å². The first kappa shape index (κ1) is 15.2. The highest BCUT2D eigenvalue weighted by molar-refractivity contribution is 5.78. The number of anilines is 1. The van der Waals surface area contributed by atoms with Crippen molar-refractivity contribution in [2.24, 2.45) is 0 Å². The van der Waals surface area contributed by atoms with Gasteiger partial charge in [0.15, 0.2) is 11.5 Å². The number of nitrogens with one attached hydrogen (secondary N) is 1. The molecule has 0 unspecified atom stereocenters. The molecule has 0 spiro atoms. The lowest BCUT2D eigenvalue weighted by Crippen LogP contribution is -2.27. The predicted octanol–water partition coefficient (Wildman–Crippen LogP) is 1.94. The van der Waals surface area contributed by atoms with Crippen LogP contribution in [0.1, 0.15) is 11.1 Å². The third kappa shape index (κ3) is 4.16. The molecule has 0 bridgehead atoms. The van der Waals surface area contributed by atoms with Gasteiger partial charge in [-0.05, 0) is 41.8 Å². The number of carbonyl (C=O) groups is 1. The first-order valence-electron chi connectivity index (χ1n) is 7.70. The third-order valence-electron chi connectivity index (χ3n) is 3.66. The number of nitrogen functional groups attached to an aromatic ring is 1. The number of hydrogen-bond acceptors (Lipinski definition) is 4. The van der Waals surface area contributed by atoms with E-state index in [1.807, 2.05) is 42.5 Å². The van der Waals surface area contributed by atoms with E-state index >= 15 is 0 Å². The Morgan fingerprint density at radius 3 is 2.70 bits per heavy atom. The van der Waals surface area contributed by atoms with Crippen molar-refractivity contribution in [2.45, 2.75) is 12.8 Å². The van der Waals surface area contributed by atoms with E-state index in [1.165, 1.54) is 0 Å². The van der Waals surface area contributed by atoms with Crippen LogP contribution in [0, 0.1) is 0 Å². The van der Waals surface area contributed by atoms with Crippen LogP contribution in [0.4, 0.5) is 5.69 Å². The minimum Gasteiger partial charge on any atom is -0.486 e. The zero-order valence-corrected chi connectivity index (χ0v) is 12.9. The molecule has 120 valence electrons. The number of ether oxygens (including phenoxy) is 2. The summed E-state index contributed by atoms with van der Waals surface area (Å²) in [5.74, 6) is 1.55. The lowest BCUT2D eigenvalue weighted by molar-refractivity contribution is -0.120. The van der Waals surface area contributed by atoms with Gasteiger partial charge < -0.3 is 20.5 Å². The lowest BCUT2D eigenvalue weighted by atomic mass is 10.1. The Morgan fingerprint density at radius 1 is 1.04 bits per heavy atom. The summed E-state index contributed by atoms with van der Waals surface area (Å²) in [5.41, 5.74) is 8.41. The van der Waals surface area contributed by atoms with E-state index in [2.05, 4.69) is 5.32 Å². The summed E-state index contributed by atoms with van der Waals surface area (Å²) >= 11 is 0. The quantitative estimate of drug-likeness (QED) is 0.828. The number of rotatable bonds is 5. The zero-order chi connectivity index (χ0) is 16.1. The van der Waals surface area contributed by atoms with Crippen LogP contribution in [0.5, 0.6) is 11.5 Å². The van der Waals surface area contributed by atoms with Crippen LogP contribution in [0.2, 0.25) is 0 Å². The highest BCUT2D eigenvalue weighted by Gasteiger charge is 2.11. The summed E-state index contributed by atoms with van der Waals surface area (Å²) in [4.78, 5) is 12.0. The average Bonchev–Trinajstić information content (AvgIpc) is 2.55. The second-order valence-corrected chi connectivity index (χ2v) is 5.50. The van der Waals surface area contributed by atoms with Crippen molar-refractivity contribution >= 4 is 11.6 Å². The summed E-state index contributed by atoms with van der Waals surface area (Å²) in [6.07, 6.45) is 1.09. The van der Waals surface area contributed by atoms with E-state index < -0.39 is 0 Å². The maximum Gasteiger partial charge on any atom is 0.224 e. The molecule has 5 nitrogen and oxygen atoms in total. The molecule has 0 radical (unpaired) electrons. The number of hydrogen-bond donors (Lipinski definition) is 2. The molecule has 2 aromatic rings.